The van der Waals surface area contributed by atoms with E-state index in [1.807, 2.05) is 6.92 Å². The molecule has 1 N–H and O–H groups in total. The maximum atomic E-state index is 11.6. The highest BCUT2D eigenvalue weighted by atomic mass is 16.5. The van der Waals surface area contributed by atoms with Crippen LogP contribution in [0.2, 0.25) is 0 Å². The van der Waals surface area contributed by atoms with Gasteiger partial charge in [-0.2, -0.15) is 0 Å². The van der Waals surface area contributed by atoms with E-state index in [0.29, 0.717) is 6.54 Å². The first-order valence-electron chi connectivity index (χ1n) is 5.38. The lowest BCUT2D eigenvalue weighted by Crippen LogP contribution is -2.31. The largest absolute Gasteiger partial charge is 0.464 e. The smallest absolute Gasteiger partial charge is 0.360 e. The number of hydrogen-bond donors (Lipinski definition) is 1. The van der Waals surface area contributed by atoms with Crippen molar-refractivity contribution in [2.45, 2.75) is 26.3 Å². The quantitative estimate of drug-likeness (QED) is 0.740. The molecule has 0 spiro atoms. The number of methoxy groups -OCH3 is 1. The molecule has 7 nitrogen and oxygen atoms in total. The van der Waals surface area contributed by atoms with Gasteiger partial charge in [0.2, 0.25) is 5.91 Å². The van der Waals surface area contributed by atoms with Crippen molar-refractivity contribution < 1.29 is 14.3 Å². The van der Waals surface area contributed by atoms with Gasteiger partial charge in [-0.1, -0.05) is 12.1 Å². The van der Waals surface area contributed by atoms with Crippen LogP contribution in [-0.4, -0.2) is 40.5 Å². The van der Waals surface area contributed by atoms with E-state index in [0.717, 1.165) is 6.42 Å². The highest BCUT2D eigenvalue weighted by Crippen LogP contribution is 2.05. The fraction of sp³-hybridized carbons (Fsp3) is 0.600. The standard InChI is InChI=1S/C10H16N4O3/c1-4-5-11-9(15)7(2)14-6-8(12-13-14)10(16)17-3/h6-7H,4-5H2,1-3H3,(H,11,15). The molecular weight excluding hydrogens is 224 g/mol. The molecule has 1 atom stereocenters. The van der Waals surface area contributed by atoms with Crippen molar-refractivity contribution in [2.75, 3.05) is 13.7 Å². The van der Waals surface area contributed by atoms with E-state index in [4.69, 9.17) is 0 Å². The number of nitrogens with zero attached hydrogens (tertiary/aromatic N) is 3. The van der Waals surface area contributed by atoms with E-state index in [2.05, 4.69) is 20.4 Å². The summed E-state index contributed by atoms with van der Waals surface area (Å²) in [6, 6.07) is -0.507. The van der Waals surface area contributed by atoms with Crippen molar-refractivity contribution in [1.29, 1.82) is 0 Å². The maximum absolute atomic E-state index is 11.6. The van der Waals surface area contributed by atoms with Crippen LogP contribution in [0.15, 0.2) is 6.20 Å². The number of carbonyl (C=O) groups excluding carboxylic acids is 2. The monoisotopic (exact) mass is 240 g/mol. The molecule has 17 heavy (non-hydrogen) atoms. The Kier molecular flexibility index (Phi) is 4.62. The van der Waals surface area contributed by atoms with Crippen molar-refractivity contribution in [1.82, 2.24) is 20.3 Å². The third-order valence-electron chi connectivity index (χ3n) is 2.23. The van der Waals surface area contributed by atoms with Crippen molar-refractivity contribution in [3.63, 3.8) is 0 Å². The normalized spacial score (nSPS) is 11.9. The van der Waals surface area contributed by atoms with E-state index in [-0.39, 0.29) is 11.6 Å². The molecular formula is C10H16N4O3. The molecule has 0 aliphatic rings. The Balaban J connectivity index is 2.69. The van der Waals surface area contributed by atoms with Crippen molar-refractivity contribution in [2.24, 2.45) is 0 Å². The Bertz CT molecular complexity index is 402. The van der Waals surface area contributed by atoms with Crippen molar-refractivity contribution >= 4 is 11.9 Å². The van der Waals surface area contributed by atoms with Crippen LogP contribution in [0.1, 0.15) is 36.8 Å². The minimum atomic E-state index is -0.572. The molecule has 0 saturated carbocycles. The molecule has 0 bridgehead atoms. The lowest BCUT2D eigenvalue weighted by molar-refractivity contribution is -0.124. The van der Waals surface area contributed by atoms with Crippen molar-refractivity contribution in [3.8, 4) is 0 Å². The number of carbonyl (C=O) groups is 2. The molecule has 0 radical (unpaired) electrons. The Hall–Kier alpha value is -1.92. The van der Waals surface area contributed by atoms with Gasteiger partial charge in [-0.3, -0.25) is 4.79 Å². The highest BCUT2D eigenvalue weighted by Gasteiger charge is 2.18. The van der Waals surface area contributed by atoms with Gasteiger partial charge < -0.3 is 10.1 Å². The van der Waals surface area contributed by atoms with Gasteiger partial charge in [-0.25, -0.2) is 9.48 Å². The Morgan fingerprint density at radius 1 is 1.59 bits per heavy atom. The number of aromatic nitrogens is 3. The first kappa shape index (κ1) is 13.1. The molecule has 0 aliphatic heterocycles. The summed E-state index contributed by atoms with van der Waals surface area (Å²) < 4.78 is 5.83. The molecule has 0 aromatic carbocycles. The van der Waals surface area contributed by atoms with E-state index in [1.165, 1.54) is 18.0 Å². The maximum Gasteiger partial charge on any atom is 0.360 e. The van der Waals surface area contributed by atoms with Crippen LogP contribution in [0.5, 0.6) is 0 Å². The average Bonchev–Trinajstić information content (AvgIpc) is 2.83. The second kappa shape index (κ2) is 5.97. The Morgan fingerprint density at radius 3 is 2.88 bits per heavy atom. The third kappa shape index (κ3) is 3.27. The first-order valence-corrected chi connectivity index (χ1v) is 5.38. The molecule has 0 fully saturated rings. The second-order valence-corrected chi connectivity index (χ2v) is 3.54. The van der Waals surface area contributed by atoms with E-state index < -0.39 is 12.0 Å². The molecule has 1 amide bonds. The molecule has 0 aliphatic carbocycles. The molecule has 1 unspecified atom stereocenters. The van der Waals surface area contributed by atoms with Crippen LogP contribution < -0.4 is 5.32 Å². The van der Waals surface area contributed by atoms with Crippen LogP contribution in [0, 0.1) is 0 Å². The zero-order valence-corrected chi connectivity index (χ0v) is 10.1. The SMILES string of the molecule is CCCNC(=O)C(C)n1cc(C(=O)OC)nn1. The van der Waals surface area contributed by atoms with Crippen LogP contribution in [0.3, 0.4) is 0 Å². The molecule has 1 aromatic heterocycles. The molecule has 0 saturated heterocycles. The predicted octanol–water partition coefficient (Wildman–Crippen LogP) is 0.152. The van der Waals surface area contributed by atoms with Crippen LogP contribution in [0.25, 0.3) is 0 Å². The summed E-state index contributed by atoms with van der Waals surface area (Å²) in [5.41, 5.74) is 0.0858. The molecule has 7 heteroatoms. The zero-order chi connectivity index (χ0) is 12.8. The lowest BCUT2D eigenvalue weighted by Gasteiger charge is -2.10. The van der Waals surface area contributed by atoms with Gasteiger partial charge in [0.15, 0.2) is 5.69 Å². The summed E-state index contributed by atoms with van der Waals surface area (Å²) in [4.78, 5) is 22.8. The zero-order valence-electron chi connectivity index (χ0n) is 10.1. The number of rotatable bonds is 5. The number of amides is 1. The van der Waals surface area contributed by atoms with E-state index in [9.17, 15) is 9.59 Å². The summed E-state index contributed by atoms with van der Waals surface area (Å²) >= 11 is 0. The van der Waals surface area contributed by atoms with Gasteiger partial charge in [0, 0.05) is 6.54 Å². The highest BCUT2D eigenvalue weighted by molar-refractivity contribution is 5.86. The summed E-state index contributed by atoms with van der Waals surface area (Å²) in [6.45, 7) is 4.26. The van der Waals surface area contributed by atoms with Gasteiger partial charge >= 0.3 is 5.97 Å². The average molecular weight is 240 g/mol. The van der Waals surface area contributed by atoms with Crippen LogP contribution in [-0.2, 0) is 9.53 Å². The molecule has 1 heterocycles. The van der Waals surface area contributed by atoms with Gasteiger partial charge in [-0.15, -0.1) is 5.10 Å². The number of esters is 1. The van der Waals surface area contributed by atoms with Gasteiger partial charge in [0.1, 0.15) is 6.04 Å². The van der Waals surface area contributed by atoms with Crippen molar-refractivity contribution in [3.05, 3.63) is 11.9 Å². The number of nitrogens with one attached hydrogen (secondary N) is 1. The number of hydrogen-bond acceptors (Lipinski definition) is 5. The second-order valence-electron chi connectivity index (χ2n) is 3.54. The van der Waals surface area contributed by atoms with E-state index in [1.54, 1.807) is 6.92 Å². The fourth-order valence-corrected chi connectivity index (χ4v) is 1.18. The summed E-state index contributed by atoms with van der Waals surface area (Å²) in [7, 11) is 1.26. The lowest BCUT2D eigenvalue weighted by atomic mass is 10.3. The van der Waals surface area contributed by atoms with Gasteiger partial charge in [0.05, 0.1) is 13.3 Å². The van der Waals surface area contributed by atoms with E-state index >= 15 is 0 Å². The summed E-state index contributed by atoms with van der Waals surface area (Å²) in [6.07, 6.45) is 2.26. The van der Waals surface area contributed by atoms with Crippen LogP contribution >= 0.6 is 0 Å². The fourth-order valence-electron chi connectivity index (χ4n) is 1.18. The Labute approximate surface area is 99.1 Å². The minimum absolute atomic E-state index is 0.0858. The summed E-state index contributed by atoms with van der Waals surface area (Å²) in [5.74, 6) is -0.731. The summed E-state index contributed by atoms with van der Waals surface area (Å²) in [5, 5.41) is 10.1. The topological polar surface area (TPSA) is 86.1 Å². The molecule has 94 valence electrons. The first-order chi connectivity index (χ1) is 8.10. The third-order valence-corrected chi connectivity index (χ3v) is 2.23. The molecule has 1 rings (SSSR count). The Morgan fingerprint density at radius 2 is 2.29 bits per heavy atom. The molecule has 1 aromatic rings. The minimum Gasteiger partial charge on any atom is -0.464 e. The number of ether oxygens (including phenoxy) is 1. The predicted molar refractivity (Wildman–Crippen MR) is 59.4 cm³/mol. The van der Waals surface area contributed by atoms with Gasteiger partial charge in [-0.05, 0) is 13.3 Å². The van der Waals surface area contributed by atoms with Crippen LogP contribution in [0.4, 0.5) is 0 Å². The van der Waals surface area contributed by atoms with Gasteiger partial charge in [0.25, 0.3) is 0 Å².